The van der Waals surface area contributed by atoms with Crippen molar-refractivity contribution in [1.29, 1.82) is 0 Å². The molecular formula is C18H13N5O3S. The number of nitrogens with one attached hydrogen (secondary N) is 2. The molecule has 3 aromatic heterocycles. The second-order valence-corrected chi connectivity index (χ2v) is 6.56. The van der Waals surface area contributed by atoms with E-state index in [2.05, 4.69) is 25.6 Å². The molecule has 0 spiro atoms. The van der Waals surface area contributed by atoms with Gasteiger partial charge < -0.3 is 20.8 Å². The number of aromatic nitrogens is 3. The number of para-hydroxylation sites is 1. The Bertz CT molecular complexity index is 1090. The van der Waals surface area contributed by atoms with Gasteiger partial charge in [0.25, 0.3) is 0 Å². The van der Waals surface area contributed by atoms with Gasteiger partial charge in [-0.2, -0.15) is 0 Å². The molecule has 4 aromatic rings. The van der Waals surface area contributed by atoms with E-state index in [1.54, 1.807) is 18.3 Å². The number of hydrogen-bond donors (Lipinski definition) is 4. The van der Waals surface area contributed by atoms with E-state index in [-0.39, 0.29) is 11.4 Å². The number of nitrogens with zero attached hydrogens (tertiary/aromatic N) is 3. The molecule has 3 heterocycles. The fourth-order valence-corrected chi connectivity index (χ4v) is 3.30. The lowest BCUT2D eigenvalue weighted by Gasteiger charge is -2.09. The average molecular weight is 379 g/mol. The van der Waals surface area contributed by atoms with Crippen molar-refractivity contribution in [2.75, 3.05) is 10.6 Å². The number of pyridine rings is 2. The molecule has 1 aromatic carbocycles. The van der Waals surface area contributed by atoms with E-state index >= 15 is 0 Å². The molecule has 0 aliphatic carbocycles. The maximum Gasteiger partial charge on any atom is 0.339 e. The predicted octanol–water partition coefficient (Wildman–Crippen LogP) is 3.98. The number of carboxylic acid groups (broad SMARTS) is 1. The summed E-state index contributed by atoms with van der Waals surface area (Å²) in [6.45, 7) is 0. The zero-order valence-corrected chi connectivity index (χ0v) is 14.6. The molecule has 27 heavy (non-hydrogen) atoms. The molecule has 8 nitrogen and oxygen atoms in total. The highest BCUT2D eigenvalue weighted by atomic mass is 32.1. The van der Waals surface area contributed by atoms with Crippen LogP contribution in [0.1, 0.15) is 10.4 Å². The van der Waals surface area contributed by atoms with Gasteiger partial charge in [0.05, 0.1) is 22.1 Å². The van der Waals surface area contributed by atoms with Crippen molar-refractivity contribution < 1.29 is 15.0 Å². The van der Waals surface area contributed by atoms with Crippen LogP contribution in [-0.4, -0.2) is 31.1 Å². The second-order valence-electron chi connectivity index (χ2n) is 5.53. The van der Waals surface area contributed by atoms with Crippen molar-refractivity contribution in [1.82, 2.24) is 15.0 Å². The largest absolute Gasteiger partial charge is 0.504 e. The van der Waals surface area contributed by atoms with Crippen molar-refractivity contribution in [2.24, 2.45) is 0 Å². The quantitative estimate of drug-likeness (QED) is 0.411. The van der Waals surface area contributed by atoms with Crippen LogP contribution in [0.25, 0.3) is 10.2 Å². The monoisotopic (exact) mass is 379 g/mol. The topological polar surface area (TPSA) is 120 Å². The molecule has 0 saturated carbocycles. The van der Waals surface area contributed by atoms with Crippen LogP contribution in [0.5, 0.6) is 5.75 Å². The summed E-state index contributed by atoms with van der Waals surface area (Å²) < 4.78 is 1.08. The molecule has 0 amide bonds. The van der Waals surface area contributed by atoms with E-state index in [0.29, 0.717) is 11.5 Å². The smallest absolute Gasteiger partial charge is 0.339 e. The minimum Gasteiger partial charge on any atom is -0.504 e. The summed E-state index contributed by atoms with van der Waals surface area (Å²) in [5, 5.41) is 25.8. The molecule has 4 rings (SSSR count). The van der Waals surface area contributed by atoms with Gasteiger partial charge in [-0.15, -0.1) is 0 Å². The van der Waals surface area contributed by atoms with Crippen molar-refractivity contribution >= 4 is 50.0 Å². The van der Waals surface area contributed by atoms with Crippen LogP contribution in [0, 0.1) is 0 Å². The molecule has 9 heteroatoms. The maximum atomic E-state index is 11.1. The SMILES string of the molecule is O=C(O)c1ccnc(Nc2ccc(Nc3nc4ccccc4s3)nc2)c1O. The fourth-order valence-electron chi connectivity index (χ4n) is 2.43. The van der Waals surface area contributed by atoms with Gasteiger partial charge in [0, 0.05) is 6.20 Å². The molecule has 0 aliphatic heterocycles. The number of benzene rings is 1. The molecule has 134 valence electrons. The van der Waals surface area contributed by atoms with Crippen LogP contribution in [0.4, 0.5) is 22.5 Å². The summed E-state index contributed by atoms with van der Waals surface area (Å²) in [6, 6.07) is 12.6. The summed E-state index contributed by atoms with van der Waals surface area (Å²) in [6.07, 6.45) is 2.85. The lowest BCUT2D eigenvalue weighted by Crippen LogP contribution is -2.02. The van der Waals surface area contributed by atoms with E-state index < -0.39 is 11.7 Å². The summed E-state index contributed by atoms with van der Waals surface area (Å²) in [4.78, 5) is 23.8. The molecular weight excluding hydrogens is 366 g/mol. The Morgan fingerprint density at radius 3 is 2.63 bits per heavy atom. The third-order valence-corrected chi connectivity index (χ3v) is 4.66. The van der Waals surface area contributed by atoms with Gasteiger partial charge in [-0.25, -0.2) is 19.7 Å². The summed E-state index contributed by atoms with van der Waals surface area (Å²) >= 11 is 1.53. The van der Waals surface area contributed by atoms with E-state index in [4.69, 9.17) is 5.11 Å². The summed E-state index contributed by atoms with van der Waals surface area (Å²) in [5.41, 5.74) is 1.24. The van der Waals surface area contributed by atoms with Crippen LogP contribution in [0.3, 0.4) is 0 Å². The second kappa shape index (κ2) is 6.89. The van der Waals surface area contributed by atoms with Crippen LogP contribution in [0.15, 0.2) is 54.9 Å². The van der Waals surface area contributed by atoms with E-state index in [1.807, 2.05) is 24.3 Å². The fraction of sp³-hybridized carbons (Fsp3) is 0. The van der Waals surface area contributed by atoms with Gasteiger partial charge in [0.2, 0.25) is 0 Å². The number of thiazole rings is 1. The van der Waals surface area contributed by atoms with Crippen molar-refractivity contribution in [3.63, 3.8) is 0 Å². The molecule has 0 saturated heterocycles. The van der Waals surface area contributed by atoms with Gasteiger partial charge >= 0.3 is 5.97 Å². The highest BCUT2D eigenvalue weighted by Gasteiger charge is 2.14. The van der Waals surface area contributed by atoms with Gasteiger partial charge in [-0.05, 0) is 30.3 Å². The first-order valence-corrected chi connectivity index (χ1v) is 8.69. The Kier molecular flexibility index (Phi) is 4.27. The van der Waals surface area contributed by atoms with E-state index in [0.717, 1.165) is 15.3 Å². The number of carbonyl (C=O) groups is 1. The molecule has 0 unspecified atom stereocenters. The number of rotatable bonds is 5. The van der Waals surface area contributed by atoms with Crippen LogP contribution in [-0.2, 0) is 0 Å². The van der Waals surface area contributed by atoms with Crippen LogP contribution < -0.4 is 10.6 Å². The minimum atomic E-state index is -1.23. The van der Waals surface area contributed by atoms with Gasteiger partial charge in [0.1, 0.15) is 11.4 Å². The normalized spacial score (nSPS) is 10.7. The van der Waals surface area contributed by atoms with E-state index in [1.165, 1.54) is 23.6 Å². The molecule has 0 radical (unpaired) electrons. The van der Waals surface area contributed by atoms with E-state index in [9.17, 15) is 9.90 Å². The number of aromatic carboxylic acids is 1. The summed E-state index contributed by atoms with van der Waals surface area (Å²) in [7, 11) is 0. The molecule has 0 bridgehead atoms. The lowest BCUT2D eigenvalue weighted by molar-refractivity contribution is 0.0693. The zero-order valence-electron chi connectivity index (χ0n) is 13.7. The molecule has 0 fully saturated rings. The molecule has 0 aliphatic rings. The Balaban J connectivity index is 1.51. The lowest BCUT2D eigenvalue weighted by atomic mass is 10.2. The van der Waals surface area contributed by atoms with Crippen LogP contribution in [0.2, 0.25) is 0 Å². The Morgan fingerprint density at radius 2 is 1.89 bits per heavy atom. The number of aromatic hydroxyl groups is 1. The predicted molar refractivity (Wildman–Crippen MR) is 103 cm³/mol. The average Bonchev–Trinajstić information content (AvgIpc) is 3.07. The van der Waals surface area contributed by atoms with Gasteiger partial charge in [-0.1, -0.05) is 23.5 Å². The van der Waals surface area contributed by atoms with Gasteiger partial charge in [-0.3, -0.25) is 0 Å². The van der Waals surface area contributed by atoms with Gasteiger partial charge in [0.15, 0.2) is 16.7 Å². The van der Waals surface area contributed by atoms with Crippen LogP contribution >= 0.6 is 11.3 Å². The highest BCUT2D eigenvalue weighted by Crippen LogP contribution is 2.29. The number of anilines is 4. The summed E-state index contributed by atoms with van der Waals surface area (Å²) in [5.74, 6) is -1.01. The van der Waals surface area contributed by atoms with Crippen molar-refractivity contribution in [3.8, 4) is 5.75 Å². The first-order chi connectivity index (χ1) is 13.1. The number of carboxylic acids is 1. The first kappa shape index (κ1) is 16.7. The Morgan fingerprint density at radius 1 is 1.04 bits per heavy atom. The standard InChI is InChI=1S/C18H13N5O3S/c24-15-11(17(25)26)7-8-19-16(15)21-10-5-6-14(20-9-10)23-18-22-12-3-1-2-4-13(12)27-18/h1-9,24H,(H,19,21)(H,25,26)(H,20,22,23). The third-order valence-electron chi connectivity index (χ3n) is 3.71. The zero-order chi connectivity index (χ0) is 18.8. The first-order valence-electron chi connectivity index (χ1n) is 7.87. The Labute approximate surface area is 157 Å². The Hall–Kier alpha value is -3.72. The minimum absolute atomic E-state index is 0.0450. The number of fused-ring (bicyclic) bond motifs is 1. The molecule has 0 atom stereocenters. The number of hydrogen-bond acceptors (Lipinski definition) is 8. The maximum absolute atomic E-state index is 11.1. The molecule has 4 N–H and O–H groups in total. The highest BCUT2D eigenvalue weighted by molar-refractivity contribution is 7.22. The third kappa shape index (κ3) is 3.48. The van der Waals surface area contributed by atoms with Crippen molar-refractivity contribution in [2.45, 2.75) is 0 Å². The van der Waals surface area contributed by atoms with Crippen molar-refractivity contribution in [3.05, 3.63) is 60.4 Å².